The van der Waals surface area contributed by atoms with E-state index in [0.29, 0.717) is 32.1 Å². The summed E-state index contributed by atoms with van der Waals surface area (Å²) in [6.07, 6.45) is 0.586. The molecule has 1 heterocycles. The van der Waals surface area contributed by atoms with Crippen LogP contribution in [0.1, 0.15) is 35.4 Å². The van der Waals surface area contributed by atoms with Crippen molar-refractivity contribution in [1.82, 2.24) is 9.55 Å². The Kier molecular flexibility index (Phi) is 6.52. The minimum absolute atomic E-state index is 0.00121. The summed E-state index contributed by atoms with van der Waals surface area (Å²) in [5.41, 5.74) is 1.59. The molecule has 0 aliphatic carbocycles. The molecule has 2 aromatic carbocycles. The highest BCUT2D eigenvalue weighted by molar-refractivity contribution is 7.80. The number of thiol groups is 1. The van der Waals surface area contributed by atoms with Crippen LogP contribution < -0.4 is 0 Å². The van der Waals surface area contributed by atoms with E-state index in [0.717, 1.165) is 5.56 Å². The summed E-state index contributed by atoms with van der Waals surface area (Å²) >= 11 is 28.7. The van der Waals surface area contributed by atoms with Gasteiger partial charge in [0, 0.05) is 5.56 Å². The van der Waals surface area contributed by atoms with Crippen LogP contribution in [0.25, 0.3) is 11.3 Å². The van der Waals surface area contributed by atoms with E-state index in [1.54, 1.807) is 41.0 Å². The average Bonchev–Trinajstić information content (AvgIpc) is 2.98. The van der Waals surface area contributed by atoms with Crippen molar-refractivity contribution in [1.29, 1.82) is 0 Å². The van der Waals surface area contributed by atoms with Gasteiger partial charge in [0.2, 0.25) is 0 Å². The molecule has 0 saturated carbocycles. The number of rotatable bonds is 5. The Labute approximate surface area is 187 Å². The number of carboxylic acid groups (broad SMARTS) is 1. The molecule has 9 heteroatoms. The number of imidazole rings is 1. The second-order valence-electron chi connectivity index (χ2n) is 6.01. The Balaban J connectivity index is 2.22. The van der Waals surface area contributed by atoms with Crippen LogP contribution in [0.5, 0.6) is 0 Å². The van der Waals surface area contributed by atoms with E-state index in [2.05, 4.69) is 17.6 Å². The Morgan fingerprint density at radius 1 is 1.07 bits per heavy atom. The Morgan fingerprint density at radius 3 is 2.21 bits per heavy atom. The molecular formula is C19H14Cl4N2O2S. The fourth-order valence-electron chi connectivity index (χ4n) is 3.05. The molecule has 0 spiro atoms. The highest BCUT2D eigenvalue weighted by Crippen LogP contribution is 2.36. The molecule has 4 nitrogen and oxygen atoms in total. The topological polar surface area (TPSA) is 55.1 Å². The summed E-state index contributed by atoms with van der Waals surface area (Å²) in [5.74, 6) is -1.13. The van der Waals surface area contributed by atoms with Crippen LogP contribution >= 0.6 is 59.0 Å². The number of benzene rings is 2. The highest BCUT2D eigenvalue weighted by atomic mass is 35.5. The fourth-order valence-corrected chi connectivity index (χ4v) is 4.00. The van der Waals surface area contributed by atoms with E-state index < -0.39 is 5.97 Å². The van der Waals surface area contributed by atoms with Gasteiger partial charge in [-0.2, -0.15) is 0 Å². The molecule has 1 atom stereocenters. The molecule has 0 aliphatic rings. The number of nitrogens with zero attached hydrogens (tertiary/aromatic N) is 2. The lowest BCUT2D eigenvalue weighted by Crippen LogP contribution is -2.17. The maximum absolute atomic E-state index is 12.2. The number of aromatic carboxylic acids is 1. The van der Waals surface area contributed by atoms with Crippen molar-refractivity contribution >= 4 is 65.0 Å². The summed E-state index contributed by atoms with van der Waals surface area (Å²) in [6.45, 7) is 1.94. The standard InChI is InChI=1S/C19H14Cl4N2O2S/c1-2-15(9-3-5-11(20)13(22)7-9)25-17(18(26)27)16(24-19(25)28)10-4-6-12(21)14(23)8-10/h3-8,15H,2H2,1H3,(H,24,28)(H,26,27). The van der Waals surface area contributed by atoms with Gasteiger partial charge in [-0.15, -0.1) is 12.6 Å². The molecule has 0 aliphatic heterocycles. The van der Waals surface area contributed by atoms with Gasteiger partial charge < -0.3 is 9.67 Å². The first-order valence-corrected chi connectivity index (χ1v) is 10.1. The number of halogens is 4. The van der Waals surface area contributed by atoms with Crippen LogP contribution in [0.2, 0.25) is 20.1 Å². The van der Waals surface area contributed by atoms with Crippen molar-refractivity contribution in [2.24, 2.45) is 0 Å². The lowest BCUT2D eigenvalue weighted by atomic mass is 10.0. The number of carbonyl (C=O) groups is 1. The third-order valence-corrected chi connectivity index (χ3v) is 6.11. The normalized spacial score (nSPS) is 12.2. The van der Waals surface area contributed by atoms with Crippen LogP contribution in [0.15, 0.2) is 41.6 Å². The van der Waals surface area contributed by atoms with Gasteiger partial charge in [-0.3, -0.25) is 0 Å². The van der Waals surface area contributed by atoms with Crippen LogP contribution in [0, 0.1) is 0 Å². The van der Waals surface area contributed by atoms with E-state index in [4.69, 9.17) is 46.4 Å². The van der Waals surface area contributed by atoms with Gasteiger partial charge in [0.1, 0.15) is 5.69 Å². The molecule has 3 rings (SSSR count). The third kappa shape index (κ3) is 4.00. The number of aromatic nitrogens is 2. The quantitative estimate of drug-likeness (QED) is 0.385. The van der Waals surface area contributed by atoms with Crippen molar-refractivity contribution < 1.29 is 9.90 Å². The van der Waals surface area contributed by atoms with E-state index in [9.17, 15) is 9.90 Å². The first kappa shape index (κ1) is 21.3. The van der Waals surface area contributed by atoms with Crippen LogP contribution in [0.3, 0.4) is 0 Å². The summed E-state index contributed by atoms with van der Waals surface area (Å²) in [4.78, 5) is 16.5. The summed E-state index contributed by atoms with van der Waals surface area (Å²) in [7, 11) is 0. The molecule has 0 amide bonds. The molecule has 0 fully saturated rings. The number of hydrogen-bond donors (Lipinski definition) is 2. The molecule has 0 radical (unpaired) electrons. The second kappa shape index (κ2) is 8.56. The minimum atomic E-state index is -1.13. The molecule has 28 heavy (non-hydrogen) atoms. The van der Waals surface area contributed by atoms with Crippen molar-refractivity contribution in [3.05, 3.63) is 67.7 Å². The Hall–Kier alpha value is -1.37. The van der Waals surface area contributed by atoms with Gasteiger partial charge in [-0.1, -0.05) is 65.5 Å². The fraction of sp³-hybridized carbons (Fsp3) is 0.158. The maximum Gasteiger partial charge on any atom is 0.354 e. The van der Waals surface area contributed by atoms with Gasteiger partial charge in [0.05, 0.1) is 26.1 Å². The van der Waals surface area contributed by atoms with Gasteiger partial charge in [-0.25, -0.2) is 9.78 Å². The zero-order valence-corrected chi connectivity index (χ0v) is 18.4. The first-order chi connectivity index (χ1) is 13.2. The second-order valence-corrected chi connectivity index (χ2v) is 8.04. The number of carboxylic acids is 1. The average molecular weight is 476 g/mol. The molecule has 1 aromatic heterocycles. The molecule has 1 N–H and O–H groups in total. The molecule has 0 saturated heterocycles. The predicted molar refractivity (Wildman–Crippen MR) is 117 cm³/mol. The highest BCUT2D eigenvalue weighted by Gasteiger charge is 2.28. The molecule has 146 valence electrons. The van der Waals surface area contributed by atoms with E-state index >= 15 is 0 Å². The summed E-state index contributed by atoms with van der Waals surface area (Å²) in [6, 6.07) is 9.69. The minimum Gasteiger partial charge on any atom is -0.477 e. The SMILES string of the molecule is CCC(c1ccc(Cl)c(Cl)c1)n1c(S)nc(-c2ccc(Cl)c(Cl)c2)c1C(=O)O. The van der Waals surface area contributed by atoms with Crippen LogP contribution in [0.4, 0.5) is 0 Å². The van der Waals surface area contributed by atoms with Crippen molar-refractivity contribution in [2.45, 2.75) is 24.5 Å². The maximum atomic E-state index is 12.2. The van der Waals surface area contributed by atoms with Crippen LogP contribution in [-0.2, 0) is 0 Å². The Morgan fingerprint density at radius 2 is 1.68 bits per heavy atom. The van der Waals surface area contributed by atoms with Gasteiger partial charge >= 0.3 is 5.97 Å². The molecule has 3 aromatic rings. The smallest absolute Gasteiger partial charge is 0.354 e. The Bertz CT molecular complexity index is 1070. The van der Waals surface area contributed by atoms with Crippen molar-refractivity contribution in [3.63, 3.8) is 0 Å². The molecular weight excluding hydrogens is 462 g/mol. The monoisotopic (exact) mass is 474 g/mol. The van der Waals surface area contributed by atoms with Gasteiger partial charge in [-0.05, 0) is 36.2 Å². The lowest BCUT2D eigenvalue weighted by molar-refractivity contribution is 0.0683. The zero-order valence-electron chi connectivity index (χ0n) is 14.5. The van der Waals surface area contributed by atoms with Crippen molar-refractivity contribution in [2.75, 3.05) is 0 Å². The van der Waals surface area contributed by atoms with E-state index in [-0.39, 0.29) is 22.6 Å². The predicted octanol–water partition coefficient (Wildman–Crippen LogP) is 7.15. The van der Waals surface area contributed by atoms with Crippen LogP contribution in [-0.4, -0.2) is 20.6 Å². The lowest BCUT2D eigenvalue weighted by Gasteiger charge is -2.21. The largest absolute Gasteiger partial charge is 0.477 e. The number of hydrogen-bond acceptors (Lipinski definition) is 3. The van der Waals surface area contributed by atoms with Gasteiger partial charge in [0.25, 0.3) is 0 Å². The first-order valence-electron chi connectivity index (χ1n) is 8.19. The van der Waals surface area contributed by atoms with Crippen molar-refractivity contribution in [3.8, 4) is 11.3 Å². The summed E-state index contributed by atoms with van der Waals surface area (Å²) < 4.78 is 1.57. The third-order valence-electron chi connectivity index (χ3n) is 4.31. The van der Waals surface area contributed by atoms with E-state index in [1.807, 2.05) is 6.92 Å². The molecule has 0 bridgehead atoms. The zero-order chi connectivity index (χ0) is 20.6. The molecule has 1 unspecified atom stereocenters. The van der Waals surface area contributed by atoms with E-state index in [1.165, 1.54) is 0 Å². The summed E-state index contributed by atoms with van der Waals surface area (Å²) in [5, 5.41) is 11.7. The van der Waals surface area contributed by atoms with Gasteiger partial charge in [0.15, 0.2) is 10.9 Å².